The molecule has 0 saturated carbocycles. The first-order valence-corrected chi connectivity index (χ1v) is 11.0. The number of alkyl halides is 10. The van der Waals surface area contributed by atoms with Crippen LogP contribution in [-0.2, 0) is 5.60 Å². The monoisotopic (exact) mass is 585 g/mol. The second kappa shape index (κ2) is 12.3. The first-order chi connectivity index (χ1) is 17.5. The highest BCUT2D eigenvalue weighted by Crippen LogP contribution is 2.52. The van der Waals surface area contributed by atoms with E-state index in [2.05, 4.69) is 14.5 Å². The summed E-state index contributed by atoms with van der Waals surface area (Å²) in [7, 11) is 0. The highest BCUT2D eigenvalue weighted by atomic mass is 32.1. The van der Waals surface area contributed by atoms with Gasteiger partial charge in [0.15, 0.2) is 11.5 Å². The number of thiazole rings is 1. The van der Waals surface area contributed by atoms with E-state index in [1.165, 1.54) is 19.1 Å². The van der Waals surface area contributed by atoms with Crippen LogP contribution in [0.5, 0.6) is 11.5 Å². The standard InChI is InChI=1S/C21H18F10N2O4S/c1-2-10(5-6-33-35)7-12(11-3-4-13(36-17(22)23)14(8-11)37-18(24)25)15-9-32-16(38-15)19(34,20(26,27)28)21(29,30)31/h2-6,8-9,12,17-18,33-35H,7H2,1H3/p+1/b6-5-,10-2+. The van der Waals surface area contributed by atoms with E-state index in [0.29, 0.717) is 17.3 Å². The van der Waals surface area contributed by atoms with Gasteiger partial charge in [-0.3, -0.25) is 0 Å². The Hall–Kier alpha value is -2.89. The smallest absolute Gasteiger partial charge is 0.431 e. The molecule has 0 spiro atoms. The number of hydrogen-bond donors (Lipinski definition) is 3. The molecule has 1 aromatic carbocycles. The number of nitrogens with two attached hydrogens (primary N) is 1. The number of hydrogen-bond acceptors (Lipinski definition) is 6. The number of allylic oxidation sites excluding steroid dienone is 3. The van der Waals surface area contributed by atoms with E-state index in [1.54, 1.807) is 0 Å². The molecule has 0 aliphatic heterocycles. The lowest BCUT2D eigenvalue weighted by Crippen LogP contribution is -2.73. The fraction of sp³-hybridized carbons (Fsp3) is 0.381. The van der Waals surface area contributed by atoms with E-state index < -0.39 is 53.6 Å². The lowest BCUT2D eigenvalue weighted by atomic mass is 9.90. The van der Waals surface area contributed by atoms with Gasteiger partial charge in [-0.25, -0.2) is 10.2 Å². The van der Waals surface area contributed by atoms with Crippen molar-refractivity contribution in [2.45, 2.75) is 50.4 Å². The summed E-state index contributed by atoms with van der Waals surface area (Å²) in [6, 6.07) is 2.68. The molecular weight excluding hydrogens is 566 g/mol. The van der Waals surface area contributed by atoms with Gasteiger partial charge in [0.2, 0.25) is 0 Å². The summed E-state index contributed by atoms with van der Waals surface area (Å²) in [6.07, 6.45) is -8.00. The van der Waals surface area contributed by atoms with Crippen molar-refractivity contribution in [3.8, 4) is 11.5 Å². The van der Waals surface area contributed by atoms with Crippen LogP contribution in [0.1, 0.15) is 34.7 Å². The minimum atomic E-state index is -6.20. The molecule has 2 aromatic rings. The fourth-order valence-corrected chi connectivity index (χ4v) is 4.38. The van der Waals surface area contributed by atoms with Crippen LogP contribution in [0.25, 0.3) is 0 Å². The van der Waals surface area contributed by atoms with Crippen LogP contribution in [0.15, 0.2) is 48.3 Å². The Bertz CT molecular complexity index is 1120. The number of ether oxygens (including phenoxy) is 2. The zero-order valence-corrected chi connectivity index (χ0v) is 19.7. The quantitative estimate of drug-likeness (QED) is 0.182. The maximum absolute atomic E-state index is 13.3. The molecule has 0 fully saturated rings. The summed E-state index contributed by atoms with van der Waals surface area (Å²) in [5.74, 6) is -2.89. The second-order valence-corrected chi connectivity index (χ2v) is 8.43. The van der Waals surface area contributed by atoms with Crippen molar-refractivity contribution in [1.82, 2.24) is 4.98 Å². The largest absolute Gasteiger partial charge is 0.433 e. The molecule has 4 N–H and O–H groups in total. The van der Waals surface area contributed by atoms with Gasteiger partial charge >= 0.3 is 31.2 Å². The predicted octanol–water partition coefficient (Wildman–Crippen LogP) is 5.59. The Labute approximate surface area is 211 Å². The number of nitrogens with zero attached hydrogens (tertiary/aromatic N) is 1. The normalized spacial score (nSPS) is 14.6. The summed E-state index contributed by atoms with van der Waals surface area (Å²) in [5.41, 5.74) is -4.37. The van der Waals surface area contributed by atoms with Crippen molar-refractivity contribution in [2.24, 2.45) is 0 Å². The molecule has 17 heteroatoms. The molecule has 0 aliphatic rings. The van der Waals surface area contributed by atoms with Gasteiger partial charge in [-0.2, -0.15) is 49.4 Å². The second-order valence-electron chi connectivity index (χ2n) is 7.37. The van der Waals surface area contributed by atoms with Gasteiger partial charge in [0, 0.05) is 17.0 Å². The molecule has 0 radical (unpaired) electrons. The summed E-state index contributed by atoms with van der Waals surface area (Å²) in [5, 5.41) is 16.8. The SMILES string of the molecule is C/C=C(\C=C/[NH2+]O)CC(c1ccc(OC(F)F)c(OC(F)F)c1)c1cnc(C(O)(C(F)(F)F)C(F)(F)F)s1. The first kappa shape index (κ1) is 31.3. The molecule has 212 valence electrons. The third-order valence-electron chi connectivity index (χ3n) is 5.01. The number of quaternary nitrogens is 1. The van der Waals surface area contributed by atoms with E-state index in [9.17, 15) is 49.0 Å². The van der Waals surface area contributed by atoms with Crippen LogP contribution >= 0.6 is 11.3 Å². The highest BCUT2D eigenvalue weighted by Gasteiger charge is 2.73. The Balaban J connectivity index is 2.70. The van der Waals surface area contributed by atoms with E-state index in [-0.39, 0.29) is 28.2 Å². The Morgan fingerprint density at radius 2 is 1.61 bits per heavy atom. The van der Waals surface area contributed by atoms with Crippen LogP contribution in [-0.4, -0.2) is 40.9 Å². The molecule has 1 atom stereocenters. The minimum absolute atomic E-state index is 0.0687. The van der Waals surface area contributed by atoms with Crippen LogP contribution in [0.3, 0.4) is 0 Å². The van der Waals surface area contributed by atoms with Gasteiger partial charge < -0.3 is 14.6 Å². The number of benzene rings is 1. The molecule has 0 amide bonds. The first-order valence-electron chi connectivity index (χ1n) is 10.2. The van der Waals surface area contributed by atoms with Crippen molar-refractivity contribution in [2.75, 3.05) is 0 Å². The lowest BCUT2D eigenvalue weighted by Gasteiger charge is -2.30. The van der Waals surface area contributed by atoms with E-state index in [0.717, 1.165) is 24.4 Å². The maximum atomic E-state index is 13.3. The third kappa shape index (κ3) is 7.15. The van der Waals surface area contributed by atoms with Crippen LogP contribution in [0.4, 0.5) is 43.9 Å². The molecule has 0 bridgehead atoms. The average molecular weight is 585 g/mol. The summed E-state index contributed by atoms with van der Waals surface area (Å²) in [4.78, 5) is 2.88. The molecular formula is C21H19F10N2O4S+. The summed E-state index contributed by atoms with van der Waals surface area (Å²) < 4.78 is 140. The Morgan fingerprint density at radius 1 is 1.03 bits per heavy atom. The van der Waals surface area contributed by atoms with Gasteiger partial charge in [-0.15, -0.1) is 11.3 Å². The number of hydroxylamine groups is 1. The maximum Gasteiger partial charge on any atom is 0.433 e. The third-order valence-corrected chi connectivity index (χ3v) is 6.23. The van der Waals surface area contributed by atoms with Crippen LogP contribution in [0, 0.1) is 0 Å². The van der Waals surface area contributed by atoms with E-state index >= 15 is 0 Å². The number of halogens is 10. The molecule has 1 unspecified atom stereocenters. The Kier molecular flexibility index (Phi) is 10.2. The molecule has 38 heavy (non-hydrogen) atoms. The number of aliphatic hydroxyl groups is 1. The Morgan fingerprint density at radius 3 is 2.11 bits per heavy atom. The van der Waals surface area contributed by atoms with Crippen molar-refractivity contribution in [3.63, 3.8) is 0 Å². The molecule has 1 aromatic heterocycles. The number of aromatic nitrogens is 1. The zero-order chi connectivity index (χ0) is 28.9. The molecule has 1 heterocycles. The average Bonchev–Trinajstić information content (AvgIpc) is 3.28. The van der Waals surface area contributed by atoms with Gasteiger partial charge in [0.1, 0.15) is 11.2 Å². The summed E-state index contributed by atoms with van der Waals surface area (Å²) >= 11 is -0.142. The fourth-order valence-electron chi connectivity index (χ4n) is 3.21. The van der Waals surface area contributed by atoms with E-state index in [4.69, 9.17) is 5.21 Å². The molecule has 2 rings (SSSR count). The van der Waals surface area contributed by atoms with Crippen molar-refractivity contribution >= 4 is 11.3 Å². The van der Waals surface area contributed by atoms with Gasteiger partial charge in [-0.1, -0.05) is 12.1 Å². The highest BCUT2D eigenvalue weighted by molar-refractivity contribution is 7.11. The van der Waals surface area contributed by atoms with Crippen molar-refractivity contribution in [3.05, 3.63) is 63.8 Å². The molecule has 6 nitrogen and oxygen atoms in total. The zero-order valence-electron chi connectivity index (χ0n) is 18.9. The lowest BCUT2D eigenvalue weighted by molar-refractivity contribution is -0.838. The predicted molar refractivity (Wildman–Crippen MR) is 111 cm³/mol. The number of rotatable bonds is 11. The minimum Gasteiger partial charge on any atom is -0.431 e. The van der Waals surface area contributed by atoms with Crippen LogP contribution < -0.4 is 15.0 Å². The molecule has 0 saturated heterocycles. The summed E-state index contributed by atoms with van der Waals surface area (Å²) in [6.45, 7) is -5.41. The van der Waals surface area contributed by atoms with Gasteiger partial charge in [-0.05, 0) is 42.7 Å². The molecule has 0 aliphatic carbocycles. The van der Waals surface area contributed by atoms with E-state index in [1.807, 2.05) is 0 Å². The topological polar surface area (TPSA) is 88.4 Å². The van der Waals surface area contributed by atoms with Gasteiger partial charge in [0.05, 0.1) is 0 Å². The van der Waals surface area contributed by atoms with Gasteiger partial charge in [0.25, 0.3) is 0 Å². The van der Waals surface area contributed by atoms with Crippen LogP contribution in [0.2, 0.25) is 0 Å². The van der Waals surface area contributed by atoms with Crippen molar-refractivity contribution < 1.29 is 69.2 Å². The van der Waals surface area contributed by atoms with Crippen molar-refractivity contribution in [1.29, 1.82) is 0 Å².